The second-order valence-corrected chi connectivity index (χ2v) is 7.81. The van der Waals surface area contributed by atoms with Crippen LogP contribution in [-0.2, 0) is 6.42 Å². The Hall–Kier alpha value is -2.40. The summed E-state index contributed by atoms with van der Waals surface area (Å²) in [7, 11) is 0. The molecule has 1 aliphatic rings. The molecule has 0 bridgehead atoms. The lowest BCUT2D eigenvalue weighted by Gasteiger charge is -2.34. The maximum atomic E-state index is 12.8. The van der Waals surface area contributed by atoms with Crippen LogP contribution in [0.1, 0.15) is 18.4 Å². The quantitative estimate of drug-likeness (QED) is 0.621. The minimum absolute atomic E-state index is 0.120. The highest BCUT2D eigenvalue weighted by atomic mass is 79.9. The molecule has 5 heteroatoms. The summed E-state index contributed by atoms with van der Waals surface area (Å²) in [5.41, 5.74) is 2.95. The van der Waals surface area contributed by atoms with Crippen LogP contribution in [0.5, 0.6) is 0 Å². The van der Waals surface area contributed by atoms with E-state index in [1.54, 1.807) is 6.20 Å². The maximum Gasteiger partial charge on any atom is 0.287 e. The van der Waals surface area contributed by atoms with E-state index in [9.17, 15) is 4.79 Å². The van der Waals surface area contributed by atoms with Gasteiger partial charge in [0.05, 0.1) is 17.6 Å². The molecule has 1 aliphatic heterocycles. The van der Waals surface area contributed by atoms with Crippen LogP contribution >= 0.6 is 15.9 Å². The summed E-state index contributed by atoms with van der Waals surface area (Å²) >= 11 is 3.52. The van der Waals surface area contributed by atoms with Crippen molar-refractivity contribution < 1.29 is 0 Å². The third-order valence-corrected chi connectivity index (χ3v) is 5.97. The molecular formula is C22H22BrN3O. The molecular weight excluding hydrogens is 402 g/mol. The second kappa shape index (κ2) is 8.09. The Kier molecular flexibility index (Phi) is 5.39. The highest BCUT2D eigenvalue weighted by molar-refractivity contribution is 9.10. The first kappa shape index (κ1) is 18.0. The molecule has 138 valence electrons. The number of hydrogen-bond donors (Lipinski definition) is 0. The SMILES string of the molecule is O=c1c(Br)c(N2CCC(Cc3ccccc3)CC2)cnn1-c1ccccc1. The fourth-order valence-electron chi connectivity index (χ4n) is 3.72. The van der Waals surface area contributed by atoms with E-state index in [0.717, 1.165) is 43.7 Å². The van der Waals surface area contributed by atoms with Crippen molar-refractivity contribution in [2.24, 2.45) is 5.92 Å². The molecule has 4 nitrogen and oxygen atoms in total. The monoisotopic (exact) mass is 423 g/mol. The van der Waals surface area contributed by atoms with Gasteiger partial charge in [-0.05, 0) is 58.8 Å². The van der Waals surface area contributed by atoms with Gasteiger partial charge >= 0.3 is 0 Å². The van der Waals surface area contributed by atoms with Gasteiger partial charge in [0.2, 0.25) is 0 Å². The lowest BCUT2D eigenvalue weighted by atomic mass is 9.90. The number of hydrogen-bond acceptors (Lipinski definition) is 3. The molecule has 1 aromatic heterocycles. The van der Waals surface area contributed by atoms with Gasteiger partial charge in [0.15, 0.2) is 0 Å². The van der Waals surface area contributed by atoms with Gasteiger partial charge in [-0.15, -0.1) is 0 Å². The summed E-state index contributed by atoms with van der Waals surface area (Å²) in [4.78, 5) is 15.0. The molecule has 2 heterocycles. The average molecular weight is 424 g/mol. The van der Waals surface area contributed by atoms with Crippen LogP contribution in [-0.4, -0.2) is 22.9 Å². The van der Waals surface area contributed by atoms with Gasteiger partial charge in [0.1, 0.15) is 4.47 Å². The molecule has 1 saturated heterocycles. The number of aromatic nitrogens is 2. The van der Waals surface area contributed by atoms with Gasteiger partial charge in [0, 0.05) is 13.1 Å². The minimum Gasteiger partial charge on any atom is -0.369 e. The van der Waals surface area contributed by atoms with Crippen LogP contribution in [0.25, 0.3) is 5.69 Å². The Morgan fingerprint density at radius 2 is 1.59 bits per heavy atom. The van der Waals surface area contributed by atoms with Crippen molar-refractivity contribution in [1.29, 1.82) is 0 Å². The highest BCUT2D eigenvalue weighted by Gasteiger charge is 2.23. The van der Waals surface area contributed by atoms with Crippen LogP contribution in [0, 0.1) is 5.92 Å². The van der Waals surface area contributed by atoms with E-state index in [2.05, 4.69) is 56.3 Å². The number of nitrogens with zero attached hydrogens (tertiary/aromatic N) is 3. The number of piperidine rings is 1. The van der Waals surface area contributed by atoms with E-state index in [4.69, 9.17) is 0 Å². The zero-order valence-corrected chi connectivity index (χ0v) is 16.7. The third kappa shape index (κ3) is 3.98. The first-order valence-corrected chi connectivity index (χ1v) is 10.1. The number of benzene rings is 2. The van der Waals surface area contributed by atoms with Crippen molar-refractivity contribution in [2.75, 3.05) is 18.0 Å². The first-order chi connectivity index (χ1) is 13.2. The van der Waals surface area contributed by atoms with Gasteiger partial charge in [-0.2, -0.15) is 9.78 Å². The van der Waals surface area contributed by atoms with Crippen LogP contribution in [0.3, 0.4) is 0 Å². The van der Waals surface area contributed by atoms with Crippen LogP contribution in [0.4, 0.5) is 5.69 Å². The fourth-order valence-corrected chi connectivity index (χ4v) is 4.24. The second-order valence-electron chi connectivity index (χ2n) is 7.02. The molecule has 4 rings (SSSR count). The number of halogens is 1. The largest absolute Gasteiger partial charge is 0.369 e. The van der Waals surface area contributed by atoms with Crippen molar-refractivity contribution in [3.63, 3.8) is 0 Å². The fraction of sp³-hybridized carbons (Fsp3) is 0.273. The minimum atomic E-state index is -0.120. The topological polar surface area (TPSA) is 38.1 Å². The third-order valence-electron chi connectivity index (χ3n) is 5.22. The van der Waals surface area contributed by atoms with Crippen LogP contribution in [0.15, 0.2) is 76.1 Å². The van der Waals surface area contributed by atoms with E-state index in [1.807, 2.05) is 30.3 Å². The molecule has 2 aromatic carbocycles. The molecule has 0 unspecified atom stereocenters. The van der Waals surface area contributed by atoms with Crippen molar-refractivity contribution in [1.82, 2.24) is 9.78 Å². The summed E-state index contributed by atoms with van der Waals surface area (Å²) in [6.45, 7) is 1.90. The smallest absolute Gasteiger partial charge is 0.287 e. The van der Waals surface area contributed by atoms with Gasteiger partial charge in [-0.1, -0.05) is 48.5 Å². The molecule has 0 amide bonds. The number of para-hydroxylation sites is 1. The maximum absolute atomic E-state index is 12.8. The van der Waals surface area contributed by atoms with Gasteiger partial charge in [-0.3, -0.25) is 4.79 Å². The Balaban J connectivity index is 1.47. The lowest BCUT2D eigenvalue weighted by Crippen LogP contribution is -2.36. The lowest BCUT2D eigenvalue weighted by molar-refractivity contribution is 0.403. The van der Waals surface area contributed by atoms with E-state index in [1.165, 1.54) is 10.2 Å². The van der Waals surface area contributed by atoms with Gasteiger partial charge in [-0.25, -0.2) is 0 Å². The van der Waals surface area contributed by atoms with Crippen LogP contribution in [0.2, 0.25) is 0 Å². The normalized spacial score (nSPS) is 15.1. The summed E-state index contributed by atoms with van der Waals surface area (Å²) in [6.07, 6.45) is 5.19. The molecule has 3 aromatic rings. The number of rotatable bonds is 4. The van der Waals surface area contributed by atoms with E-state index in [-0.39, 0.29) is 5.56 Å². The van der Waals surface area contributed by atoms with Crippen LogP contribution < -0.4 is 10.5 Å². The van der Waals surface area contributed by atoms with Crippen molar-refractivity contribution in [3.05, 3.63) is 87.3 Å². The molecule has 1 fully saturated rings. The zero-order chi connectivity index (χ0) is 18.6. The predicted octanol–water partition coefficient (Wildman–Crippen LogP) is 4.45. The standard InChI is InChI=1S/C22H22BrN3O/c23-21-20(16-24-26(22(21)27)19-9-5-2-6-10-19)25-13-11-18(12-14-25)15-17-7-3-1-4-8-17/h1-10,16,18H,11-15H2. The molecule has 0 saturated carbocycles. The van der Waals surface area contributed by atoms with Crippen molar-refractivity contribution in [2.45, 2.75) is 19.3 Å². The van der Waals surface area contributed by atoms with E-state index >= 15 is 0 Å². The summed E-state index contributed by atoms with van der Waals surface area (Å²) < 4.78 is 2.03. The summed E-state index contributed by atoms with van der Waals surface area (Å²) in [5, 5.41) is 4.40. The molecule has 0 atom stereocenters. The predicted molar refractivity (Wildman–Crippen MR) is 113 cm³/mol. The highest BCUT2D eigenvalue weighted by Crippen LogP contribution is 2.28. The van der Waals surface area contributed by atoms with Crippen molar-refractivity contribution >= 4 is 21.6 Å². The van der Waals surface area contributed by atoms with Gasteiger partial charge < -0.3 is 4.90 Å². The summed E-state index contributed by atoms with van der Waals surface area (Å²) in [5.74, 6) is 0.695. The summed E-state index contributed by atoms with van der Waals surface area (Å²) in [6, 6.07) is 20.2. The molecule has 27 heavy (non-hydrogen) atoms. The molecule has 0 aliphatic carbocycles. The zero-order valence-electron chi connectivity index (χ0n) is 15.1. The van der Waals surface area contributed by atoms with Crippen molar-refractivity contribution in [3.8, 4) is 5.69 Å². The Morgan fingerprint density at radius 1 is 0.963 bits per heavy atom. The Bertz CT molecular complexity index is 948. The average Bonchev–Trinajstić information content (AvgIpc) is 2.72. The Labute approximate surface area is 167 Å². The van der Waals surface area contributed by atoms with E-state index < -0.39 is 0 Å². The van der Waals surface area contributed by atoms with E-state index in [0.29, 0.717) is 10.4 Å². The van der Waals surface area contributed by atoms with Gasteiger partial charge in [0.25, 0.3) is 5.56 Å². The molecule has 0 radical (unpaired) electrons. The first-order valence-electron chi connectivity index (χ1n) is 9.34. The Morgan fingerprint density at radius 3 is 2.26 bits per heavy atom. The molecule has 0 N–H and O–H groups in total. The number of anilines is 1. The molecule has 0 spiro atoms.